The van der Waals surface area contributed by atoms with Crippen LogP contribution < -0.4 is 5.32 Å². The standard InChI is InChI=1S/C14H23N/c1-5-12-7-6-8-13(11-12)15-10-9-14(2,3)4/h6-8,11,15H,5,9-10H2,1-4H3. The van der Waals surface area contributed by atoms with Crippen molar-refractivity contribution in [2.45, 2.75) is 40.5 Å². The molecule has 0 saturated carbocycles. The fourth-order valence-electron chi connectivity index (χ4n) is 1.48. The summed E-state index contributed by atoms with van der Waals surface area (Å²) in [7, 11) is 0. The van der Waals surface area contributed by atoms with E-state index >= 15 is 0 Å². The van der Waals surface area contributed by atoms with E-state index in [1.165, 1.54) is 17.7 Å². The molecule has 1 N–H and O–H groups in total. The molecular formula is C14H23N. The van der Waals surface area contributed by atoms with Gasteiger partial charge >= 0.3 is 0 Å². The van der Waals surface area contributed by atoms with Gasteiger partial charge in [0.25, 0.3) is 0 Å². The van der Waals surface area contributed by atoms with E-state index in [0.717, 1.165) is 13.0 Å². The molecule has 84 valence electrons. The number of rotatable bonds is 4. The van der Waals surface area contributed by atoms with Gasteiger partial charge in [0.15, 0.2) is 0 Å². The Morgan fingerprint density at radius 3 is 2.53 bits per heavy atom. The van der Waals surface area contributed by atoms with Crippen LogP contribution in [0.15, 0.2) is 24.3 Å². The topological polar surface area (TPSA) is 12.0 Å². The van der Waals surface area contributed by atoms with Crippen LogP contribution in [-0.2, 0) is 6.42 Å². The Morgan fingerprint density at radius 1 is 1.20 bits per heavy atom. The van der Waals surface area contributed by atoms with Gasteiger partial charge in [0.2, 0.25) is 0 Å². The van der Waals surface area contributed by atoms with Gasteiger partial charge in [-0.2, -0.15) is 0 Å². The van der Waals surface area contributed by atoms with Crippen molar-refractivity contribution in [2.24, 2.45) is 5.41 Å². The molecule has 1 rings (SSSR count). The highest BCUT2D eigenvalue weighted by atomic mass is 14.9. The molecule has 0 spiro atoms. The number of hydrogen-bond acceptors (Lipinski definition) is 1. The first-order valence-electron chi connectivity index (χ1n) is 5.84. The summed E-state index contributed by atoms with van der Waals surface area (Å²) in [4.78, 5) is 0. The van der Waals surface area contributed by atoms with E-state index in [1.807, 2.05) is 0 Å². The lowest BCUT2D eigenvalue weighted by Crippen LogP contribution is -2.12. The monoisotopic (exact) mass is 205 g/mol. The van der Waals surface area contributed by atoms with Gasteiger partial charge in [0.1, 0.15) is 0 Å². The Labute approximate surface area is 93.9 Å². The zero-order valence-electron chi connectivity index (χ0n) is 10.4. The van der Waals surface area contributed by atoms with E-state index in [9.17, 15) is 0 Å². The van der Waals surface area contributed by atoms with Gasteiger partial charge in [0.05, 0.1) is 0 Å². The third-order valence-corrected chi connectivity index (χ3v) is 2.54. The van der Waals surface area contributed by atoms with Gasteiger partial charge in [-0.15, -0.1) is 0 Å². The molecule has 0 aliphatic heterocycles. The lowest BCUT2D eigenvalue weighted by atomic mass is 9.92. The largest absolute Gasteiger partial charge is 0.385 e. The minimum Gasteiger partial charge on any atom is -0.385 e. The van der Waals surface area contributed by atoms with Gasteiger partial charge in [-0.05, 0) is 36.0 Å². The molecular weight excluding hydrogens is 182 g/mol. The Morgan fingerprint density at radius 2 is 1.93 bits per heavy atom. The van der Waals surface area contributed by atoms with E-state index in [2.05, 4.69) is 57.3 Å². The molecule has 1 aromatic rings. The molecule has 0 heterocycles. The molecule has 0 bridgehead atoms. The Balaban J connectivity index is 2.44. The highest BCUT2D eigenvalue weighted by molar-refractivity contribution is 5.45. The summed E-state index contributed by atoms with van der Waals surface area (Å²) < 4.78 is 0. The molecule has 0 saturated heterocycles. The van der Waals surface area contributed by atoms with Crippen molar-refractivity contribution in [1.29, 1.82) is 0 Å². The first-order valence-corrected chi connectivity index (χ1v) is 5.84. The van der Waals surface area contributed by atoms with Crippen LogP contribution in [0.4, 0.5) is 5.69 Å². The zero-order chi connectivity index (χ0) is 11.3. The lowest BCUT2D eigenvalue weighted by Gasteiger charge is -2.18. The number of nitrogens with one attached hydrogen (secondary N) is 1. The van der Waals surface area contributed by atoms with E-state index < -0.39 is 0 Å². The molecule has 1 nitrogen and oxygen atoms in total. The number of anilines is 1. The van der Waals surface area contributed by atoms with Gasteiger partial charge in [-0.1, -0.05) is 39.8 Å². The third kappa shape index (κ3) is 4.87. The van der Waals surface area contributed by atoms with Crippen molar-refractivity contribution in [2.75, 3.05) is 11.9 Å². The fraction of sp³-hybridized carbons (Fsp3) is 0.571. The average Bonchev–Trinajstić information content (AvgIpc) is 2.16. The summed E-state index contributed by atoms with van der Waals surface area (Å²) in [5.74, 6) is 0. The second-order valence-electron chi connectivity index (χ2n) is 5.29. The van der Waals surface area contributed by atoms with Crippen LogP contribution in [0.3, 0.4) is 0 Å². The van der Waals surface area contributed by atoms with Crippen molar-refractivity contribution < 1.29 is 0 Å². The normalized spacial score (nSPS) is 11.5. The van der Waals surface area contributed by atoms with Gasteiger partial charge in [-0.25, -0.2) is 0 Å². The van der Waals surface area contributed by atoms with Crippen LogP contribution in [0.2, 0.25) is 0 Å². The SMILES string of the molecule is CCc1cccc(NCCC(C)(C)C)c1. The van der Waals surface area contributed by atoms with Crippen molar-refractivity contribution in [3.05, 3.63) is 29.8 Å². The second-order valence-corrected chi connectivity index (χ2v) is 5.29. The quantitative estimate of drug-likeness (QED) is 0.780. The molecule has 0 amide bonds. The van der Waals surface area contributed by atoms with E-state index in [0.29, 0.717) is 5.41 Å². The summed E-state index contributed by atoms with van der Waals surface area (Å²) in [5, 5.41) is 3.48. The maximum absolute atomic E-state index is 3.48. The van der Waals surface area contributed by atoms with Gasteiger partial charge in [-0.3, -0.25) is 0 Å². The van der Waals surface area contributed by atoms with Crippen molar-refractivity contribution in [1.82, 2.24) is 0 Å². The third-order valence-electron chi connectivity index (χ3n) is 2.54. The number of hydrogen-bond donors (Lipinski definition) is 1. The summed E-state index contributed by atoms with van der Waals surface area (Å²) in [6, 6.07) is 8.68. The van der Waals surface area contributed by atoms with Gasteiger partial charge in [0, 0.05) is 12.2 Å². The van der Waals surface area contributed by atoms with E-state index in [-0.39, 0.29) is 0 Å². The van der Waals surface area contributed by atoms with Crippen molar-refractivity contribution in [3.8, 4) is 0 Å². The molecule has 1 aromatic carbocycles. The smallest absolute Gasteiger partial charge is 0.0342 e. The van der Waals surface area contributed by atoms with Crippen LogP contribution in [0, 0.1) is 5.41 Å². The van der Waals surface area contributed by atoms with Crippen LogP contribution in [-0.4, -0.2) is 6.54 Å². The van der Waals surface area contributed by atoms with Crippen LogP contribution >= 0.6 is 0 Å². The molecule has 0 atom stereocenters. The van der Waals surface area contributed by atoms with Crippen molar-refractivity contribution in [3.63, 3.8) is 0 Å². The maximum Gasteiger partial charge on any atom is 0.0342 e. The molecule has 15 heavy (non-hydrogen) atoms. The Hall–Kier alpha value is -0.980. The van der Waals surface area contributed by atoms with E-state index in [1.54, 1.807) is 0 Å². The molecule has 0 fully saturated rings. The Kier molecular flexibility index (Phi) is 4.19. The molecule has 0 radical (unpaired) electrons. The summed E-state index contributed by atoms with van der Waals surface area (Å²) in [6.07, 6.45) is 2.30. The number of aryl methyl sites for hydroxylation is 1. The van der Waals surface area contributed by atoms with Crippen LogP contribution in [0.1, 0.15) is 39.7 Å². The van der Waals surface area contributed by atoms with Gasteiger partial charge < -0.3 is 5.32 Å². The number of benzene rings is 1. The lowest BCUT2D eigenvalue weighted by molar-refractivity contribution is 0.390. The molecule has 0 aromatic heterocycles. The first-order chi connectivity index (χ1) is 7.01. The minimum atomic E-state index is 0.412. The van der Waals surface area contributed by atoms with E-state index in [4.69, 9.17) is 0 Å². The minimum absolute atomic E-state index is 0.412. The van der Waals surface area contributed by atoms with Crippen LogP contribution in [0.25, 0.3) is 0 Å². The summed E-state index contributed by atoms with van der Waals surface area (Å²) in [5.41, 5.74) is 3.06. The second kappa shape index (κ2) is 5.20. The maximum atomic E-state index is 3.48. The molecule has 0 unspecified atom stereocenters. The summed E-state index contributed by atoms with van der Waals surface area (Å²) in [6.45, 7) is 10.1. The molecule has 0 aliphatic rings. The highest BCUT2D eigenvalue weighted by Gasteiger charge is 2.08. The highest BCUT2D eigenvalue weighted by Crippen LogP contribution is 2.19. The predicted octanol–water partition coefficient (Wildman–Crippen LogP) is 4.10. The predicted molar refractivity (Wildman–Crippen MR) is 68.4 cm³/mol. The average molecular weight is 205 g/mol. The fourth-order valence-corrected chi connectivity index (χ4v) is 1.48. The molecule has 1 heteroatoms. The zero-order valence-corrected chi connectivity index (χ0v) is 10.4. The van der Waals surface area contributed by atoms with Crippen LogP contribution in [0.5, 0.6) is 0 Å². The Bertz CT molecular complexity index is 296. The molecule has 0 aliphatic carbocycles. The summed E-state index contributed by atoms with van der Waals surface area (Å²) >= 11 is 0. The van der Waals surface area contributed by atoms with Crippen molar-refractivity contribution >= 4 is 5.69 Å². The first kappa shape index (κ1) is 12.1.